The molecular formula is C17H29BN2O3. The minimum Gasteiger partial charge on any atom is -0.476 e. The second-order valence-electron chi connectivity index (χ2n) is 6.89. The molecule has 0 unspecified atom stereocenters. The highest BCUT2D eigenvalue weighted by Crippen LogP contribution is 2.36. The molecule has 0 radical (unpaired) electrons. The molecule has 0 bridgehead atoms. The van der Waals surface area contributed by atoms with Gasteiger partial charge in [0.25, 0.3) is 0 Å². The van der Waals surface area contributed by atoms with Crippen LogP contribution in [0.15, 0.2) is 18.3 Å². The molecule has 2 rings (SSSR count). The lowest BCUT2D eigenvalue weighted by Gasteiger charge is -2.32. The molecule has 23 heavy (non-hydrogen) atoms. The van der Waals surface area contributed by atoms with Crippen molar-refractivity contribution in [2.45, 2.75) is 52.7 Å². The van der Waals surface area contributed by atoms with Crippen molar-refractivity contribution in [2.24, 2.45) is 0 Å². The molecule has 0 aromatic carbocycles. The van der Waals surface area contributed by atoms with E-state index in [9.17, 15) is 0 Å². The molecule has 6 heteroatoms. The summed E-state index contributed by atoms with van der Waals surface area (Å²) in [4.78, 5) is 6.68. The van der Waals surface area contributed by atoms with Crippen molar-refractivity contribution in [3.05, 3.63) is 18.3 Å². The lowest BCUT2D eigenvalue weighted by Crippen LogP contribution is -2.41. The van der Waals surface area contributed by atoms with Crippen molar-refractivity contribution in [1.29, 1.82) is 0 Å². The summed E-state index contributed by atoms with van der Waals surface area (Å²) in [5, 5.41) is 0. The molecule has 1 saturated heterocycles. The normalized spacial score (nSPS) is 19.3. The van der Waals surface area contributed by atoms with Crippen LogP contribution < -0.4 is 10.2 Å². The van der Waals surface area contributed by atoms with Gasteiger partial charge in [-0.3, -0.25) is 0 Å². The van der Waals surface area contributed by atoms with E-state index in [1.54, 1.807) is 6.20 Å². The van der Waals surface area contributed by atoms with Crippen LogP contribution in [-0.4, -0.2) is 54.4 Å². The molecule has 1 fully saturated rings. The maximum Gasteiger partial charge on any atom is 0.496 e. The van der Waals surface area contributed by atoms with E-state index in [1.165, 1.54) is 0 Å². The predicted molar refractivity (Wildman–Crippen MR) is 93.2 cm³/mol. The highest BCUT2D eigenvalue weighted by atomic mass is 16.7. The van der Waals surface area contributed by atoms with Gasteiger partial charge >= 0.3 is 7.12 Å². The van der Waals surface area contributed by atoms with Gasteiger partial charge in [-0.25, -0.2) is 4.98 Å². The molecule has 0 atom stereocenters. The van der Waals surface area contributed by atoms with Gasteiger partial charge in [-0.1, -0.05) is 19.9 Å². The monoisotopic (exact) mass is 320 g/mol. The summed E-state index contributed by atoms with van der Waals surface area (Å²) in [6.07, 6.45) is 1.77. The average molecular weight is 320 g/mol. The van der Waals surface area contributed by atoms with Crippen LogP contribution in [-0.2, 0) is 9.31 Å². The number of likely N-dealkylation sites (N-methyl/N-ethyl adjacent to an activating group) is 1. The van der Waals surface area contributed by atoms with E-state index < -0.39 is 0 Å². The van der Waals surface area contributed by atoms with Gasteiger partial charge < -0.3 is 18.9 Å². The molecule has 128 valence electrons. The minimum absolute atomic E-state index is 0.337. The third-order valence-electron chi connectivity index (χ3n) is 4.84. The van der Waals surface area contributed by atoms with Gasteiger partial charge in [0.1, 0.15) is 6.61 Å². The molecule has 1 aliphatic rings. The van der Waals surface area contributed by atoms with Gasteiger partial charge in [0.05, 0.1) is 11.2 Å². The van der Waals surface area contributed by atoms with E-state index in [2.05, 4.69) is 23.7 Å². The molecular weight excluding hydrogens is 291 g/mol. The summed E-state index contributed by atoms with van der Waals surface area (Å²) in [7, 11) is -0.378. The van der Waals surface area contributed by atoms with Gasteiger partial charge in [0.15, 0.2) is 0 Å². The Kier molecular flexibility index (Phi) is 5.71. The van der Waals surface area contributed by atoms with Crippen LogP contribution in [0.2, 0.25) is 0 Å². The van der Waals surface area contributed by atoms with Crippen LogP contribution in [0.1, 0.15) is 41.5 Å². The second-order valence-corrected chi connectivity index (χ2v) is 6.89. The molecule has 0 saturated carbocycles. The first-order valence-corrected chi connectivity index (χ1v) is 8.46. The number of nitrogens with zero attached hydrogens (tertiary/aromatic N) is 2. The van der Waals surface area contributed by atoms with Gasteiger partial charge in [0, 0.05) is 18.2 Å². The van der Waals surface area contributed by atoms with Gasteiger partial charge in [0.2, 0.25) is 5.88 Å². The first kappa shape index (κ1) is 18.2. The third-order valence-corrected chi connectivity index (χ3v) is 4.84. The fourth-order valence-electron chi connectivity index (χ4n) is 2.41. The lowest BCUT2D eigenvalue weighted by molar-refractivity contribution is 0.00578. The molecule has 0 amide bonds. The quantitative estimate of drug-likeness (QED) is 0.720. The van der Waals surface area contributed by atoms with E-state index in [0.717, 1.165) is 25.1 Å². The Balaban J connectivity index is 1.91. The number of ether oxygens (including phenoxy) is 1. The Hall–Kier alpha value is -1.11. The Morgan fingerprint density at radius 2 is 1.70 bits per heavy atom. The lowest BCUT2D eigenvalue weighted by atomic mass is 9.80. The van der Waals surface area contributed by atoms with Crippen LogP contribution in [0.4, 0.5) is 0 Å². The van der Waals surface area contributed by atoms with Gasteiger partial charge in [-0.05, 0) is 46.9 Å². The highest BCUT2D eigenvalue weighted by Gasteiger charge is 2.51. The van der Waals surface area contributed by atoms with Crippen LogP contribution >= 0.6 is 0 Å². The third kappa shape index (κ3) is 4.25. The Morgan fingerprint density at radius 3 is 2.17 bits per heavy atom. The summed E-state index contributed by atoms with van der Waals surface area (Å²) in [5.74, 6) is 0.637. The van der Waals surface area contributed by atoms with Gasteiger partial charge in [-0.2, -0.15) is 0 Å². The molecule has 0 N–H and O–H groups in total. The van der Waals surface area contributed by atoms with Crippen LogP contribution in [0.3, 0.4) is 0 Å². The van der Waals surface area contributed by atoms with Crippen LogP contribution in [0, 0.1) is 0 Å². The molecule has 1 aliphatic heterocycles. The predicted octanol–water partition coefficient (Wildman–Crippen LogP) is 2.10. The molecule has 0 aliphatic carbocycles. The first-order chi connectivity index (χ1) is 10.8. The van der Waals surface area contributed by atoms with E-state index in [0.29, 0.717) is 12.5 Å². The number of hydrogen-bond acceptors (Lipinski definition) is 5. The van der Waals surface area contributed by atoms with Crippen molar-refractivity contribution in [2.75, 3.05) is 26.2 Å². The maximum absolute atomic E-state index is 6.02. The van der Waals surface area contributed by atoms with Gasteiger partial charge in [-0.15, -0.1) is 0 Å². The molecule has 2 heterocycles. The van der Waals surface area contributed by atoms with E-state index in [1.807, 2.05) is 39.8 Å². The summed E-state index contributed by atoms with van der Waals surface area (Å²) < 4.78 is 17.7. The zero-order chi connectivity index (χ0) is 17.1. The van der Waals surface area contributed by atoms with Crippen molar-refractivity contribution in [1.82, 2.24) is 9.88 Å². The van der Waals surface area contributed by atoms with Crippen LogP contribution in [0.5, 0.6) is 5.88 Å². The molecule has 5 nitrogen and oxygen atoms in total. The van der Waals surface area contributed by atoms with E-state index in [4.69, 9.17) is 14.0 Å². The number of hydrogen-bond donors (Lipinski definition) is 0. The fourth-order valence-corrected chi connectivity index (χ4v) is 2.41. The van der Waals surface area contributed by atoms with E-state index in [-0.39, 0.29) is 18.3 Å². The molecule has 0 spiro atoms. The van der Waals surface area contributed by atoms with Crippen LogP contribution in [0.25, 0.3) is 0 Å². The zero-order valence-electron chi connectivity index (χ0n) is 15.3. The largest absolute Gasteiger partial charge is 0.496 e. The second kappa shape index (κ2) is 7.20. The number of rotatable bonds is 7. The Bertz CT molecular complexity index is 485. The Labute approximate surface area is 140 Å². The maximum atomic E-state index is 6.02. The molecule has 1 aromatic heterocycles. The summed E-state index contributed by atoms with van der Waals surface area (Å²) in [5.41, 5.74) is 0.243. The molecule has 1 aromatic rings. The highest BCUT2D eigenvalue weighted by molar-refractivity contribution is 6.62. The fraction of sp³-hybridized carbons (Fsp3) is 0.706. The number of pyridine rings is 1. The summed E-state index contributed by atoms with van der Waals surface area (Å²) >= 11 is 0. The topological polar surface area (TPSA) is 43.8 Å². The van der Waals surface area contributed by atoms with E-state index >= 15 is 0 Å². The van der Waals surface area contributed by atoms with Crippen molar-refractivity contribution < 1.29 is 14.0 Å². The van der Waals surface area contributed by atoms with Crippen molar-refractivity contribution >= 4 is 12.6 Å². The zero-order valence-corrected chi connectivity index (χ0v) is 15.3. The SMILES string of the molecule is CCN(CC)CCOc1ccc(B2OC(C)(C)C(C)(C)O2)cn1. The smallest absolute Gasteiger partial charge is 0.476 e. The Morgan fingerprint density at radius 1 is 1.09 bits per heavy atom. The van der Waals surface area contributed by atoms with Crippen molar-refractivity contribution in [3.8, 4) is 5.88 Å². The van der Waals surface area contributed by atoms with Crippen molar-refractivity contribution in [3.63, 3.8) is 0 Å². The summed E-state index contributed by atoms with van der Waals surface area (Å²) in [6.45, 7) is 16.1. The first-order valence-electron chi connectivity index (χ1n) is 8.46. The minimum atomic E-state index is -0.378. The number of aromatic nitrogens is 1. The average Bonchev–Trinajstić information content (AvgIpc) is 2.73. The standard InChI is InChI=1S/C17H29BN2O3/c1-7-20(8-2)11-12-21-15-10-9-14(13-19-15)18-22-16(3,4)17(5,6)23-18/h9-10,13H,7-8,11-12H2,1-6H3. The summed E-state index contributed by atoms with van der Waals surface area (Å²) in [6, 6.07) is 3.84.